The minimum Gasteiger partial charge on any atom is -0.463 e. The third-order valence-corrected chi connectivity index (χ3v) is 7.28. The number of benzene rings is 2. The first-order valence-electron chi connectivity index (χ1n) is 13.8. The van der Waals surface area contributed by atoms with Crippen LogP contribution in [0.5, 0.6) is 0 Å². The van der Waals surface area contributed by atoms with Crippen molar-refractivity contribution in [1.82, 2.24) is 0 Å². The summed E-state index contributed by atoms with van der Waals surface area (Å²) in [5, 5.41) is 0. The number of thioether (sulfide) groups is 1. The maximum absolute atomic E-state index is 12.5. The van der Waals surface area contributed by atoms with Crippen LogP contribution in [0, 0.1) is 0 Å². The van der Waals surface area contributed by atoms with Crippen LogP contribution >= 0.6 is 11.8 Å². The highest BCUT2D eigenvalue weighted by atomic mass is 32.2. The monoisotopic (exact) mass is 512 g/mol. The molecule has 198 valence electrons. The Bertz CT molecular complexity index is 876. The Morgan fingerprint density at radius 3 is 1.86 bits per heavy atom. The molecule has 0 amide bonds. The molecule has 0 unspecified atom stereocenters. The van der Waals surface area contributed by atoms with Crippen molar-refractivity contribution >= 4 is 23.7 Å². The van der Waals surface area contributed by atoms with Gasteiger partial charge in [-0.15, -0.1) is 11.8 Å². The summed E-state index contributed by atoms with van der Waals surface area (Å²) in [6.45, 7) is 6.36. The van der Waals surface area contributed by atoms with Crippen LogP contribution in [-0.4, -0.2) is 30.4 Å². The summed E-state index contributed by atoms with van der Waals surface area (Å²) in [6.07, 6.45) is 12.3. The summed E-state index contributed by atoms with van der Waals surface area (Å²) in [7, 11) is 0. The van der Waals surface area contributed by atoms with Gasteiger partial charge in [0, 0.05) is 4.90 Å². The number of hydrogen-bond acceptors (Lipinski definition) is 5. The van der Waals surface area contributed by atoms with Crippen molar-refractivity contribution in [1.29, 1.82) is 0 Å². The number of carbonyl (C=O) groups excluding carboxylic acids is 2. The average Bonchev–Trinajstić information content (AvgIpc) is 2.90. The SMILES string of the molecule is CCCCCCCCOC(=O)[C@H](C)OC(=O)c1ccc(-c2ccc(SCCCCCCC)cc2)cc1. The quantitative estimate of drug-likeness (QED) is 0.113. The minimum absolute atomic E-state index is 0.373. The van der Waals surface area contributed by atoms with E-state index in [4.69, 9.17) is 9.47 Å². The zero-order valence-electron chi connectivity index (χ0n) is 22.4. The molecule has 36 heavy (non-hydrogen) atoms. The largest absolute Gasteiger partial charge is 0.463 e. The fourth-order valence-electron chi connectivity index (χ4n) is 3.89. The van der Waals surface area contributed by atoms with Crippen LogP contribution in [0.3, 0.4) is 0 Å². The van der Waals surface area contributed by atoms with Gasteiger partial charge in [0.15, 0.2) is 6.10 Å². The van der Waals surface area contributed by atoms with Crippen LogP contribution in [0.1, 0.15) is 102 Å². The molecule has 2 aromatic rings. The minimum atomic E-state index is -0.922. The van der Waals surface area contributed by atoms with Gasteiger partial charge in [-0.25, -0.2) is 9.59 Å². The first-order valence-corrected chi connectivity index (χ1v) is 14.7. The van der Waals surface area contributed by atoms with Crippen molar-refractivity contribution in [2.24, 2.45) is 0 Å². The zero-order chi connectivity index (χ0) is 26.0. The van der Waals surface area contributed by atoms with Gasteiger partial charge in [-0.3, -0.25) is 0 Å². The van der Waals surface area contributed by atoms with E-state index in [0.717, 1.165) is 36.1 Å². The van der Waals surface area contributed by atoms with Gasteiger partial charge in [0.25, 0.3) is 0 Å². The highest BCUT2D eigenvalue weighted by Gasteiger charge is 2.20. The summed E-state index contributed by atoms with van der Waals surface area (Å²) in [6, 6.07) is 15.9. The van der Waals surface area contributed by atoms with Crippen LogP contribution in [0.25, 0.3) is 11.1 Å². The van der Waals surface area contributed by atoms with E-state index in [1.807, 2.05) is 23.9 Å². The van der Waals surface area contributed by atoms with Gasteiger partial charge >= 0.3 is 11.9 Å². The Hall–Kier alpha value is -2.27. The van der Waals surface area contributed by atoms with Gasteiger partial charge in [0.1, 0.15) is 0 Å². The molecule has 0 N–H and O–H groups in total. The molecule has 0 fully saturated rings. The molecule has 0 bridgehead atoms. The van der Waals surface area contributed by atoms with Gasteiger partial charge < -0.3 is 9.47 Å². The van der Waals surface area contributed by atoms with E-state index in [9.17, 15) is 9.59 Å². The maximum Gasteiger partial charge on any atom is 0.347 e. The molecule has 0 radical (unpaired) electrons. The van der Waals surface area contributed by atoms with Gasteiger partial charge in [-0.05, 0) is 60.9 Å². The van der Waals surface area contributed by atoms with Crippen LogP contribution in [0.15, 0.2) is 53.4 Å². The van der Waals surface area contributed by atoms with Crippen LogP contribution < -0.4 is 0 Å². The molecule has 0 heterocycles. The number of unbranched alkanes of at least 4 members (excludes halogenated alkanes) is 9. The van der Waals surface area contributed by atoms with E-state index in [0.29, 0.717) is 12.2 Å². The van der Waals surface area contributed by atoms with E-state index >= 15 is 0 Å². The number of ether oxygens (including phenoxy) is 2. The normalized spacial score (nSPS) is 11.8. The maximum atomic E-state index is 12.5. The molecule has 1 atom stereocenters. The third-order valence-electron chi connectivity index (χ3n) is 6.18. The highest BCUT2D eigenvalue weighted by Crippen LogP contribution is 2.25. The van der Waals surface area contributed by atoms with Crippen LogP contribution in [0.2, 0.25) is 0 Å². The molecule has 5 heteroatoms. The van der Waals surface area contributed by atoms with E-state index < -0.39 is 18.0 Å². The summed E-state index contributed by atoms with van der Waals surface area (Å²) in [5.41, 5.74) is 2.56. The van der Waals surface area contributed by atoms with Crippen molar-refractivity contribution < 1.29 is 19.1 Å². The number of hydrogen-bond donors (Lipinski definition) is 0. The topological polar surface area (TPSA) is 52.6 Å². The van der Waals surface area contributed by atoms with E-state index in [1.54, 1.807) is 19.1 Å². The standard InChI is InChI=1S/C31H44O4S/c1-4-6-8-10-11-13-23-34-30(32)25(3)35-31(33)28-17-15-26(16-18-28)27-19-21-29(22-20-27)36-24-14-12-9-7-5-2/h15-22,25H,4-14,23-24H2,1-3H3/t25-/m0/s1. The zero-order valence-corrected chi connectivity index (χ0v) is 23.2. The average molecular weight is 513 g/mol. The second-order valence-corrected chi connectivity index (χ2v) is 10.5. The van der Waals surface area contributed by atoms with Crippen LogP contribution in [-0.2, 0) is 14.3 Å². The number of carbonyl (C=O) groups is 2. The molecule has 0 saturated carbocycles. The molecule has 0 aliphatic rings. The molecule has 0 saturated heterocycles. The molecule has 0 spiro atoms. The fourth-order valence-corrected chi connectivity index (χ4v) is 4.80. The van der Waals surface area contributed by atoms with Crippen molar-refractivity contribution in [2.45, 2.75) is 102 Å². The van der Waals surface area contributed by atoms with E-state index in [2.05, 4.69) is 38.1 Å². The lowest BCUT2D eigenvalue weighted by Crippen LogP contribution is -2.26. The third kappa shape index (κ3) is 11.6. The highest BCUT2D eigenvalue weighted by molar-refractivity contribution is 7.99. The second-order valence-electron chi connectivity index (χ2n) is 9.35. The van der Waals surface area contributed by atoms with E-state index in [1.165, 1.54) is 56.3 Å². The van der Waals surface area contributed by atoms with E-state index in [-0.39, 0.29) is 0 Å². The molecular formula is C31H44O4S. The molecule has 4 nitrogen and oxygen atoms in total. The predicted octanol–water partition coefficient (Wildman–Crippen LogP) is 8.87. The number of esters is 2. The second kappa shape index (κ2) is 18.0. The van der Waals surface area contributed by atoms with Gasteiger partial charge in [0.05, 0.1) is 12.2 Å². The summed E-state index contributed by atoms with van der Waals surface area (Å²) >= 11 is 1.91. The predicted molar refractivity (Wildman–Crippen MR) is 151 cm³/mol. The lowest BCUT2D eigenvalue weighted by molar-refractivity contribution is -0.153. The van der Waals surface area contributed by atoms with Gasteiger partial charge in [0.2, 0.25) is 0 Å². The first-order chi connectivity index (χ1) is 17.5. The Morgan fingerprint density at radius 1 is 0.722 bits per heavy atom. The van der Waals surface area contributed by atoms with Crippen molar-refractivity contribution in [2.75, 3.05) is 12.4 Å². The molecule has 2 aromatic carbocycles. The Kier molecular flexibility index (Phi) is 15.0. The lowest BCUT2D eigenvalue weighted by Gasteiger charge is -2.13. The van der Waals surface area contributed by atoms with Gasteiger partial charge in [-0.1, -0.05) is 95.9 Å². The molecule has 2 rings (SSSR count). The van der Waals surface area contributed by atoms with Crippen molar-refractivity contribution in [3.8, 4) is 11.1 Å². The Labute approximate surface area is 222 Å². The van der Waals surface area contributed by atoms with Gasteiger partial charge in [-0.2, -0.15) is 0 Å². The summed E-state index contributed by atoms with van der Waals surface area (Å²) < 4.78 is 10.6. The summed E-state index contributed by atoms with van der Waals surface area (Å²) in [4.78, 5) is 25.9. The molecular weight excluding hydrogens is 468 g/mol. The van der Waals surface area contributed by atoms with Crippen LogP contribution in [0.4, 0.5) is 0 Å². The lowest BCUT2D eigenvalue weighted by atomic mass is 10.0. The molecule has 0 aromatic heterocycles. The smallest absolute Gasteiger partial charge is 0.347 e. The Morgan fingerprint density at radius 2 is 1.25 bits per heavy atom. The van der Waals surface area contributed by atoms with Crippen molar-refractivity contribution in [3.63, 3.8) is 0 Å². The molecule has 0 aliphatic heterocycles. The Balaban J connectivity index is 1.74. The summed E-state index contributed by atoms with van der Waals surface area (Å²) in [5.74, 6) is 0.147. The number of rotatable bonds is 18. The first kappa shape index (κ1) is 30.0. The fraction of sp³-hybridized carbons (Fsp3) is 0.548. The molecule has 0 aliphatic carbocycles. The van der Waals surface area contributed by atoms with Crippen molar-refractivity contribution in [3.05, 3.63) is 54.1 Å².